The molecule has 0 aromatic rings. The second kappa shape index (κ2) is 2.47. The first-order chi connectivity index (χ1) is 6.31. The van der Waals surface area contributed by atoms with E-state index >= 15 is 0 Å². The van der Waals surface area contributed by atoms with Crippen LogP contribution in [0.3, 0.4) is 0 Å². The third-order valence-electron chi connectivity index (χ3n) is 4.35. The zero-order chi connectivity index (χ0) is 8.94. The summed E-state index contributed by atoms with van der Waals surface area (Å²) in [6.07, 6.45) is 4.79. The smallest absolute Gasteiger partial charge is 0.171 e. The molecule has 1 heterocycles. The molecule has 1 saturated heterocycles. The van der Waals surface area contributed by atoms with Crippen LogP contribution in [0.2, 0.25) is 0 Å². The normalized spacial score (nSPS) is 46.4. The van der Waals surface area contributed by atoms with Gasteiger partial charge in [-0.2, -0.15) is 0 Å². The average molecular weight is 183 g/mol. The summed E-state index contributed by atoms with van der Waals surface area (Å²) in [7, 11) is 0. The van der Waals surface area contributed by atoms with E-state index in [2.05, 4.69) is 0 Å². The molecule has 3 aliphatic rings. The predicted molar refractivity (Wildman–Crippen MR) is 48.1 cm³/mol. The molecule has 2 aliphatic carbocycles. The highest BCUT2D eigenvalue weighted by molar-refractivity contribution is 5.09. The van der Waals surface area contributed by atoms with Crippen molar-refractivity contribution >= 4 is 0 Å². The van der Waals surface area contributed by atoms with E-state index in [1.807, 2.05) is 0 Å². The van der Waals surface area contributed by atoms with Gasteiger partial charge in [-0.15, -0.1) is 0 Å². The van der Waals surface area contributed by atoms with Gasteiger partial charge in [0.25, 0.3) is 0 Å². The second-order valence-corrected chi connectivity index (χ2v) is 4.67. The lowest BCUT2D eigenvalue weighted by Crippen LogP contribution is -2.51. The molecular formula is C10H17NO2. The Labute approximate surface area is 78.6 Å². The molecule has 3 nitrogen and oxygen atoms in total. The second-order valence-electron chi connectivity index (χ2n) is 4.67. The first-order valence-corrected chi connectivity index (χ1v) is 5.29. The van der Waals surface area contributed by atoms with Gasteiger partial charge >= 0.3 is 0 Å². The average Bonchev–Trinajstić information content (AvgIpc) is 2.60. The van der Waals surface area contributed by atoms with Crippen LogP contribution in [0.25, 0.3) is 0 Å². The quantitative estimate of drug-likeness (QED) is 0.656. The largest absolute Gasteiger partial charge is 0.347 e. The number of rotatable bonds is 1. The van der Waals surface area contributed by atoms with Gasteiger partial charge in [-0.05, 0) is 31.2 Å². The Hall–Kier alpha value is -0.120. The molecular weight excluding hydrogens is 166 g/mol. The van der Waals surface area contributed by atoms with Crippen molar-refractivity contribution in [1.82, 2.24) is 0 Å². The monoisotopic (exact) mass is 183 g/mol. The number of hydrogen-bond donors (Lipinski definition) is 1. The third kappa shape index (κ3) is 0.853. The fourth-order valence-corrected chi connectivity index (χ4v) is 3.44. The van der Waals surface area contributed by atoms with Crippen LogP contribution in [0.1, 0.15) is 25.7 Å². The number of nitrogens with two attached hydrogens (primary N) is 1. The summed E-state index contributed by atoms with van der Waals surface area (Å²) in [6.45, 7) is 2.36. The zero-order valence-corrected chi connectivity index (χ0v) is 7.92. The number of hydrogen-bond acceptors (Lipinski definition) is 3. The topological polar surface area (TPSA) is 44.5 Å². The molecule has 0 aromatic carbocycles. The molecule has 1 spiro atoms. The molecule has 2 N–H and O–H groups in total. The van der Waals surface area contributed by atoms with Gasteiger partial charge in [-0.3, -0.25) is 0 Å². The third-order valence-corrected chi connectivity index (χ3v) is 4.35. The first-order valence-electron chi connectivity index (χ1n) is 5.29. The minimum absolute atomic E-state index is 0.211. The molecule has 0 aromatic heterocycles. The van der Waals surface area contributed by atoms with E-state index in [0.717, 1.165) is 26.2 Å². The minimum atomic E-state index is -0.211. The molecule has 0 unspecified atom stereocenters. The standard InChI is InChI=1S/C10H17NO2/c11-7-9-2-1-8(9)10(4-3-9)12-5-6-13-10/h8H,1-7,11H2/t8-,9-/m1/s1. The molecule has 3 heteroatoms. The van der Waals surface area contributed by atoms with Gasteiger partial charge in [0.1, 0.15) is 0 Å². The molecule has 1 aliphatic heterocycles. The van der Waals surface area contributed by atoms with Gasteiger partial charge in [-0.1, -0.05) is 0 Å². The van der Waals surface area contributed by atoms with E-state index in [0.29, 0.717) is 11.3 Å². The lowest BCUT2D eigenvalue weighted by atomic mass is 9.61. The van der Waals surface area contributed by atoms with Crippen molar-refractivity contribution in [2.75, 3.05) is 19.8 Å². The van der Waals surface area contributed by atoms with Gasteiger partial charge in [0.2, 0.25) is 0 Å². The molecule has 0 bridgehead atoms. The summed E-state index contributed by atoms with van der Waals surface area (Å²) in [4.78, 5) is 0. The van der Waals surface area contributed by atoms with Gasteiger partial charge in [0, 0.05) is 12.3 Å². The van der Waals surface area contributed by atoms with Crippen LogP contribution in [0.4, 0.5) is 0 Å². The van der Waals surface area contributed by atoms with Gasteiger partial charge in [-0.25, -0.2) is 0 Å². The molecule has 74 valence electrons. The van der Waals surface area contributed by atoms with E-state index < -0.39 is 0 Å². The zero-order valence-electron chi connectivity index (χ0n) is 7.92. The minimum Gasteiger partial charge on any atom is -0.347 e. The van der Waals surface area contributed by atoms with Crippen molar-refractivity contribution in [3.05, 3.63) is 0 Å². The molecule has 2 atom stereocenters. The molecule has 3 rings (SSSR count). The highest BCUT2D eigenvalue weighted by atomic mass is 16.7. The summed E-state index contributed by atoms with van der Waals surface area (Å²) in [6, 6.07) is 0. The molecule has 13 heavy (non-hydrogen) atoms. The Kier molecular flexibility index (Phi) is 1.56. The summed E-state index contributed by atoms with van der Waals surface area (Å²) < 4.78 is 11.6. The van der Waals surface area contributed by atoms with Crippen molar-refractivity contribution in [1.29, 1.82) is 0 Å². The van der Waals surface area contributed by atoms with E-state index in [1.54, 1.807) is 0 Å². The Morgan fingerprint density at radius 2 is 1.92 bits per heavy atom. The highest BCUT2D eigenvalue weighted by Crippen LogP contribution is 2.63. The Morgan fingerprint density at radius 1 is 1.15 bits per heavy atom. The predicted octanol–water partition coefficient (Wildman–Crippen LogP) is 0.878. The van der Waals surface area contributed by atoms with Gasteiger partial charge in [0.05, 0.1) is 13.2 Å². The highest BCUT2D eigenvalue weighted by Gasteiger charge is 2.64. The van der Waals surface area contributed by atoms with Crippen molar-refractivity contribution in [2.24, 2.45) is 17.1 Å². The number of ether oxygens (including phenoxy) is 2. The van der Waals surface area contributed by atoms with Gasteiger partial charge < -0.3 is 15.2 Å². The SMILES string of the molecule is NC[C@]12CC[C@H]1C1(CC2)OCCO1. The molecule has 0 amide bonds. The fraction of sp³-hybridized carbons (Fsp3) is 1.00. The lowest BCUT2D eigenvalue weighted by molar-refractivity contribution is -0.214. The summed E-state index contributed by atoms with van der Waals surface area (Å²) in [5.74, 6) is 0.380. The van der Waals surface area contributed by atoms with Crippen LogP contribution in [0, 0.1) is 11.3 Å². The van der Waals surface area contributed by atoms with Crippen molar-refractivity contribution in [3.63, 3.8) is 0 Å². The van der Waals surface area contributed by atoms with E-state index in [1.165, 1.54) is 19.3 Å². The van der Waals surface area contributed by atoms with Crippen molar-refractivity contribution < 1.29 is 9.47 Å². The lowest BCUT2D eigenvalue weighted by Gasteiger charge is -2.48. The Bertz CT molecular complexity index is 221. The Morgan fingerprint density at radius 3 is 2.38 bits per heavy atom. The van der Waals surface area contributed by atoms with Crippen LogP contribution in [-0.4, -0.2) is 25.5 Å². The van der Waals surface area contributed by atoms with Crippen LogP contribution in [-0.2, 0) is 9.47 Å². The Balaban J connectivity index is 1.87. The van der Waals surface area contributed by atoms with E-state index in [-0.39, 0.29) is 5.79 Å². The van der Waals surface area contributed by atoms with Gasteiger partial charge in [0.15, 0.2) is 5.79 Å². The molecule has 2 saturated carbocycles. The van der Waals surface area contributed by atoms with Crippen molar-refractivity contribution in [2.45, 2.75) is 31.5 Å². The van der Waals surface area contributed by atoms with Crippen molar-refractivity contribution in [3.8, 4) is 0 Å². The number of fused-ring (bicyclic) bond motifs is 2. The summed E-state index contributed by atoms with van der Waals surface area (Å²) in [5, 5.41) is 0. The summed E-state index contributed by atoms with van der Waals surface area (Å²) in [5.41, 5.74) is 6.23. The molecule has 0 radical (unpaired) electrons. The van der Waals surface area contributed by atoms with Crippen LogP contribution < -0.4 is 5.73 Å². The maximum absolute atomic E-state index is 5.85. The first kappa shape index (κ1) is 8.21. The fourth-order valence-electron chi connectivity index (χ4n) is 3.44. The van der Waals surface area contributed by atoms with E-state index in [9.17, 15) is 0 Å². The molecule has 3 fully saturated rings. The summed E-state index contributed by atoms with van der Waals surface area (Å²) >= 11 is 0. The maximum atomic E-state index is 5.85. The van der Waals surface area contributed by atoms with Crippen LogP contribution in [0.15, 0.2) is 0 Å². The van der Waals surface area contributed by atoms with Crippen LogP contribution in [0.5, 0.6) is 0 Å². The van der Waals surface area contributed by atoms with E-state index in [4.69, 9.17) is 15.2 Å². The van der Waals surface area contributed by atoms with Crippen LogP contribution >= 0.6 is 0 Å². The maximum Gasteiger partial charge on any atom is 0.171 e.